The molecule has 5 heteroatoms. The van der Waals surface area contributed by atoms with Gasteiger partial charge in [-0.05, 0) is 44.2 Å². The molecule has 0 aliphatic heterocycles. The van der Waals surface area contributed by atoms with E-state index in [0.717, 1.165) is 39.0 Å². The molecule has 0 spiro atoms. The van der Waals surface area contributed by atoms with E-state index in [9.17, 15) is 4.79 Å². The molecule has 4 rings (SSSR count). The number of nitrogens with one attached hydrogen (secondary N) is 1. The van der Waals surface area contributed by atoms with Gasteiger partial charge in [0.25, 0.3) is 5.91 Å². The largest absolute Gasteiger partial charge is 0.345 e. The third-order valence-corrected chi connectivity index (χ3v) is 4.69. The summed E-state index contributed by atoms with van der Waals surface area (Å²) < 4.78 is 2.00. The van der Waals surface area contributed by atoms with Crippen LogP contribution in [0, 0.1) is 13.8 Å². The van der Waals surface area contributed by atoms with Gasteiger partial charge >= 0.3 is 0 Å². The average Bonchev–Trinajstić information content (AvgIpc) is 2.96. The van der Waals surface area contributed by atoms with Crippen molar-refractivity contribution in [2.75, 3.05) is 0 Å². The van der Waals surface area contributed by atoms with E-state index in [1.807, 2.05) is 74.0 Å². The number of carbonyl (C=O) groups is 1. The van der Waals surface area contributed by atoms with Crippen LogP contribution in [0.3, 0.4) is 0 Å². The summed E-state index contributed by atoms with van der Waals surface area (Å²) in [6, 6.07) is 15.9. The van der Waals surface area contributed by atoms with E-state index < -0.39 is 0 Å². The quantitative estimate of drug-likeness (QED) is 0.617. The van der Waals surface area contributed by atoms with Gasteiger partial charge in [0, 0.05) is 12.4 Å². The lowest BCUT2D eigenvalue weighted by Gasteiger charge is -2.09. The SMILES string of the molecule is Cc1ccc2nc(C)c(C(=O)NCc3nc4ccccc4n3C)cc2c1. The van der Waals surface area contributed by atoms with Crippen LogP contribution in [0.15, 0.2) is 48.5 Å². The molecule has 0 saturated heterocycles. The van der Waals surface area contributed by atoms with Gasteiger partial charge in [0.05, 0.1) is 34.4 Å². The minimum atomic E-state index is -0.134. The van der Waals surface area contributed by atoms with Crippen molar-refractivity contribution in [1.29, 1.82) is 0 Å². The number of fused-ring (bicyclic) bond motifs is 2. The maximum Gasteiger partial charge on any atom is 0.253 e. The van der Waals surface area contributed by atoms with Crippen molar-refractivity contribution in [3.8, 4) is 0 Å². The molecule has 2 aromatic heterocycles. The minimum absolute atomic E-state index is 0.134. The van der Waals surface area contributed by atoms with E-state index in [1.54, 1.807) is 0 Å². The van der Waals surface area contributed by atoms with Gasteiger partial charge in [-0.2, -0.15) is 0 Å². The normalized spacial score (nSPS) is 11.2. The van der Waals surface area contributed by atoms with E-state index in [4.69, 9.17) is 0 Å². The molecule has 0 atom stereocenters. The van der Waals surface area contributed by atoms with Gasteiger partial charge in [0.2, 0.25) is 0 Å². The lowest BCUT2D eigenvalue weighted by molar-refractivity contribution is 0.0949. The Morgan fingerprint density at radius 1 is 1.04 bits per heavy atom. The first-order valence-electron chi connectivity index (χ1n) is 8.59. The molecular formula is C21H20N4O. The van der Waals surface area contributed by atoms with Gasteiger partial charge in [-0.3, -0.25) is 9.78 Å². The number of imidazole rings is 1. The second kappa shape index (κ2) is 6.26. The van der Waals surface area contributed by atoms with Gasteiger partial charge in [0.1, 0.15) is 5.82 Å². The van der Waals surface area contributed by atoms with E-state index >= 15 is 0 Å². The minimum Gasteiger partial charge on any atom is -0.345 e. The third kappa shape index (κ3) is 2.81. The number of amides is 1. The van der Waals surface area contributed by atoms with E-state index in [1.165, 1.54) is 0 Å². The molecule has 0 unspecified atom stereocenters. The van der Waals surface area contributed by atoms with Crippen LogP contribution < -0.4 is 5.32 Å². The third-order valence-electron chi connectivity index (χ3n) is 4.69. The summed E-state index contributed by atoms with van der Waals surface area (Å²) in [7, 11) is 1.96. The van der Waals surface area contributed by atoms with E-state index in [0.29, 0.717) is 12.1 Å². The monoisotopic (exact) mass is 344 g/mol. The van der Waals surface area contributed by atoms with Crippen LogP contribution in [0.5, 0.6) is 0 Å². The molecule has 4 aromatic rings. The highest BCUT2D eigenvalue weighted by atomic mass is 16.1. The number of aryl methyl sites for hydroxylation is 3. The second-order valence-electron chi connectivity index (χ2n) is 6.58. The van der Waals surface area contributed by atoms with E-state index in [2.05, 4.69) is 15.3 Å². The van der Waals surface area contributed by atoms with Crippen LogP contribution in [-0.2, 0) is 13.6 Å². The number of benzene rings is 2. The molecule has 0 saturated carbocycles. The van der Waals surface area contributed by atoms with Gasteiger partial charge in [0.15, 0.2) is 0 Å². The summed E-state index contributed by atoms with van der Waals surface area (Å²) >= 11 is 0. The topological polar surface area (TPSA) is 59.8 Å². The Balaban J connectivity index is 1.60. The first-order chi connectivity index (χ1) is 12.5. The Bertz CT molecular complexity index is 1140. The fraction of sp³-hybridized carbons (Fsp3) is 0.190. The Morgan fingerprint density at radius 2 is 1.85 bits per heavy atom. The number of pyridine rings is 1. The summed E-state index contributed by atoms with van der Waals surface area (Å²) in [5.41, 5.74) is 5.36. The van der Waals surface area contributed by atoms with Crippen molar-refractivity contribution in [2.45, 2.75) is 20.4 Å². The van der Waals surface area contributed by atoms with Crippen molar-refractivity contribution in [3.63, 3.8) is 0 Å². The molecule has 0 radical (unpaired) electrons. The second-order valence-corrected chi connectivity index (χ2v) is 6.58. The molecule has 1 N–H and O–H groups in total. The van der Waals surface area contributed by atoms with Crippen LogP contribution in [0.2, 0.25) is 0 Å². The fourth-order valence-electron chi connectivity index (χ4n) is 3.23. The number of hydrogen-bond donors (Lipinski definition) is 1. The predicted molar refractivity (Wildman–Crippen MR) is 103 cm³/mol. The van der Waals surface area contributed by atoms with Crippen molar-refractivity contribution < 1.29 is 4.79 Å². The maximum absolute atomic E-state index is 12.7. The van der Waals surface area contributed by atoms with Crippen LogP contribution in [0.1, 0.15) is 27.4 Å². The highest BCUT2D eigenvalue weighted by Crippen LogP contribution is 2.18. The smallest absolute Gasteiger partial charge is 0.253 e. The zero-order valence-electron chi connectivity index (χ0n) is 15.1. The number of rotatable bonds is 3. The Morgan fingerprint density at radius 3 is 2.65 bits per heavy atom. The van der Waals surface area contributed by atoms with Gasteiger partial charge in [-0.15, -0.1) is 0 Å². The summed E-state index contributed by atoms with van der Waals surface area (Å²) in [4.78, 5) is 21.9. The molecule has 0 aliphatic carbocycles. The number of hydrogen-bond acceptors (Lipinski definition) is 3. The zero-order chi connectivity index (χ0) is 18.3. The molecule has 1 amide bonds. The first kappa shape index (κ1) is 16.3. The highest BCUT2D eigenvalue weighted by molar-refractivity contribution is 5.98. The molecule has 0 fully saturated rings. The lowest BCUT2D eigenvalue weighted by Crippen LogP contribution is -2.25. The van der Waals surface area contributed by atoms with Crippen molar-refractivity contribution in [1.82, 2.24) is 19.9 Å². The molecule has 0 aliphatic rings. The van der Waals surface area contributed by atoms with Gasteiger partial charge < -0.3 is 9.88 Å². The summed E-state index contributed by atoms with van der Waals surface area (Å²) in [6.07, 6.45) is 0. The predicted octanol–water partition coefficient (Wildman–Crippen LogP) is 3.67. The zero-order valence-corrected chi connectivity index (χ0v) is 15.1. The van der Waals surface area contributed by atoms with Crippen LogP contribution in [-0.4, -0.2) is 20.4 Å². The number of aromatic nitrogens is 3. The number of nitrogens with zero attached hydrogens (tertiary/aromatic N) is 3. The summed E-state index contributed by atoms with van der Waals surface area (Å²) in [6.45, 7) is 4.27. The Kier molecular flexibility index (Phi) is 3.92. The Hall–Kier alpha value is -3.21. The molecular weight excluding hydrogens is 324 g/mol. The van der Waals surface area contributed by atoms with Crippen LogP contribution >= 0.6 is 0 Å². The highest BCUT2D eigenvalue weighted by Gasteiger charge is 2.13. The van der Waals surface area contributed by atoms with Crippen molar-refractivity contribution >= 4 is 27.8 Å². The summed E-state index contributed by atoms with van der Waals surface area (Å²) in [5.74, 6) is 0.687. The molecule has 0 bridgehead atoms. The van der Waals surface area contributed by atoms with Crippen molar-refractivity contribution in [2.24, 2.45) is 7.05 Å². The van der Waals surface area contributed by atoms with Gasteiger partial charge in [-0.25, -0.2) is 4.98 Å². The fourth-order valence-corrected chi connectivity index (χ4v) is 3.23. The Labute approximate surface area is 151 Å². The van der Waals surface area contributed by atoms with Gasteiger partial charge in [-0.1, -0.05) is 23.8 Å². The number of carbonyl (C=O) groups excluding carboxylic acids is 1. The lowest BCUT2D eigenvalue weighted by atomic mass is 10.1. The molecule has 26 heavy (non-hydrogen) atoms. The van der Waals surface area contributed by atoms with Crippen LogP contribution in [0.4, 0.5) is 0 Å². The molecule has 130 valence electrons. The molecule has 5 nitrogen and oxygen atoms in total. The molecule has 2 heterocycles. The van der Waals surface area contributed by atoms with Crippen molar-refractivity contribution in [3.05, 3.63) is 71.2 Å². The van der Waals surface area contributed by atoms with E-state index in [-0.39, 0.29) is 5.91 Å². The molecule has 2 aromatic carbocycles. The number of para-hydroxylation sites is 2. The summed E-state index contributed by atoms with van der Waals surface area (Å²) in [5, 5.41) is 3.95. The first-order valence-corrected chi connectivity index (χ1v) is 8.59. The average molecular weight is 344 g/mol. The van der Waals surface area contributed by atoms with Crippen LogP contribution in [0.25, 0.3) is 21.9 Å². The maximum atomic E-state index is 12.7. The standard InChI is InChI=1S/C21H20N4O/c1-13-8-9-17-15(10-13)11-16(14(2)23-17)21(26)22-12-20-24-18-6-4-5-7-19(18)25(20)3/h4-11H,12H2,1-3H3,(H,22,26).